The van der Waals surface area contributed by atoms with Crippen LogP contribution >= 0.6 is 11.3 Å². The van der Waals surface area contributed by atoms with Gasteiger partial charge in [-0.2, -0.15) is 11.3 Å². The number of carbonyl (C=O) groups is 1. The number of hydrogen-bond donors (Lipinski definition) is 2. The van der Waals surface area contributed by atoms with Gasteiger partial charge < -0.3 is 5.73 Å². The van der Waals surface area contributed by atoms with Crippen molar-refractivity contribution in [3.8, 4) is 0 Å². The highest BCUT2D eigenvalue weighted by Gasteiger charge is 2.12. The van der Waals surface area contributed by atoms with Gasteiger partial charge in [-0.1, -0.05) is 0 Å². The average molecular weight is 198 g/mol. The summed E-state index contributed by atoms with van der Waals surface area (Å²) in [5.74, 6) is -0.318. The summed E-state index contributed by atoms with van der Waals surface area (Å²) < 4.78 is 0. The van der Waals surface area contributed by atoms with Crippen LogP contribution in [0.25, 0.3) is 0 Å². The van der Waals surface area contributed by atoms with Crippen molar-refractivity contribution >= 4 is 17.2 Å². The monoisotopic (exact) mass is 198 g/mol. The molecule has 13 heavy (non-hydrogen) atoms. The van der Waals surface area contributed by atoms with Gasteiger partial charge in [-0.3, -0.25) is 10.1 Å². The van der Waals surface area contributed by atoms with Gasteiger partial charge in [0.1, 0.15) is 0 Å². The van der Waals surface area contributed by atoms with Crippen molar-refractivity contribution in [1.29, 1.82) is 0 Å². The number of nitrogens with one attached hydrogen (secondary N) is 1. The SMILES string of the molecule is CC(NC(C)c1ccsc1)C(N)=O. The molecule has 0 aliphatic carbocycles. The Morgan fingerprint density at radius 1 is 1.62 bits per heavy atom. The summed E-state index contributed by atoms with van der Waals surface area (Å²) in [6, 6.07) is 1.93. The van der Waals surface area contributed by atoms with Gasteiger partial charge in [0, 0.05) is 6.04 Å². The molecule has 1 heterocycles. The van der Waals surface area contributed by atoms with Gasteiger partial charge in [-0.15, -0.1) is 0 Å². The standard InChI is InChI=1S/C9H14N2OS/c1-6(8-3-4-13-5-8)11-7(2)9(10)12/h3-7,11H,1-2H3,(H2,10,12). The molecule has 2 unspecified atom stereocenters. The lowest BCUT2D eigenvalue weighted by Crippen LogP contribution is -2.39. The molecule has 0 radical (unpaired) electrons. The van der Waals surface area contributed by atoms with Crippen LogP contribution in [0.5, 0.6) is 0 Å². The van der Waals surface area contributed by atoms with Gasteiger partial charge in [0.15, 0.2) is 0 Å². The van der Waals surface area contributed by atoms with Gasteiger partial charge in [0.05, 0.1) is 6.04 Å². The fourth-order valence-corrected chi connectivity index (χ4v) is 1.83. The van der Waals surface area contributed by atoms with Crippen LogP contribution < -0.4 is 11.1 Å². The summed E-state index contributed by atoms with van der Waals surface area (Å²) in [4.78, 5) is 10.8. The van der Waals surface area contributed by atoms with E-state index >= 15 is 0 Å². The lowest BCUT2D eigenvalue weighted by Gasteiger charge is -2.16. The van der Waals surface area contributed by atoms with Crippen molar-refractivity contribution < 1.29 is 4.79 Å². The Labute approximate surface area is 81.9 Å². The zero-order valence-corrected chi connectivity index (χ0v) is 8.60. The Hall–Kier alpha value is -0.870. The smallest absolute Gasteiger partial charge is 0.234 e. The second kappa shape index (κ2) is 4.39. The van der Waals surface area contributed by atoms with E-state index in [0.29, 0.717) is 0 Å². The minimum atomic E-state index is -0.318. The van der Waals surface area contributed by atoms with E-state index in [2.05, 4.69) is 10.7 Å². The second-order valence-corrected chi connectivity index (χ2v) is 3.85. The first-order valence-electron chi connectivity index (χ1n) is 4.18. The molecule has 0 spiro atoms. The maximum atomic E-state index is 10.8. The van der Waals surface area contributed by atoms with E-state index in [1.54, 1.807) is 18.3 Å². The first kappa shape index (κ1) is 10.2. The van der Waals surface area contributed by atoms with Gasteiger partial charge in [0.25, 0.3) is 0 Å². The maximum Gasteiger partial charge on any atom is 0.234 e. The quantitative estimate of drug-likeness (QED) is 0.765. The molecule has 3 nitrogen and oxygen atoms in total. The Morgan fingerprint density at radius 2 is 2.31 bits per heavy atom. The number of amides is 1. The molecule has 1 amide bonds. The predicted octanol–water partition coefficient (Wildman–Crippen LogP) is 1.27. The van der Waals surface area contributed by atoms with E-state index in [1.807, 2.05) is 18.4 Å². The lowest BCUT2D eigenvalue weighted by atomic mass is 10.1. The molecule has 1 aromatic rings. The molecule has 4 heteroatoms. The third kappa shape index (κ3) is 2.82. The van der Waals surface area contributed by atoms with Crippen LogP contribution in [0.4, 0.5) is 0 Å². The Kier molecular flexibility index (Phi) is 3.45. The third-order valence-electron chi connectivity index (χ3n) is 1.97. The van der Waals surface area contributed by atoms with Crippen LogP contribution in [0.15, 0.2) is 16.8 Å². The van der Waals surface area contributed by atoms with Gasteiger partial charge in [-0.25, -0.2) is 0 Å². The van der Waals surface area contributed by atoms with Crippen LogP contribution in [-0.2, 0) is 4.79 Å². The molecule has 1 rings (SSSR count). The molecular formula is C9H14N2OS. The summed E-state index contributed by atoms with van der Waals surface area (Å²) in [5, 5.41) is 7.19. The molecule has 0 fully saturated rings. The van der Waals surface area contributed by atoms with Crippen molar-refractivity contribution in [1.82, 2.24) is 5.32 Å². The Morgan fingerprint density at radius 3 is 2.77 bits per heavy atom. The van der Waals surface area contributed by atoms with E-state index in [-0.39, 0.29) is 18.0 Å². The number of primary amides is 1. The summed E-state index contributed by atoms with van der Waals surface area (Å²) in [6.07, 6.45) is 0. The zero-order chi connectivity index (χ0) is 9.84. The largest absolute Gasteiger partial charge is 0.368 e. The second-order valence-electron chi connectivity index (χ2n) is 3.07. The summed E-state index contributed by atoms with van der Waals surface area (Å²) in [6.45, 7) is 3.78. The Balaban J connectivity index is 2.51. The number of carbonyl (C=O) groups excluding carboxylic acids is 1. The van der Waals surface area contributed by atoms with Crippen LogP contribution in [0.1, 0.15) is 25.5 Å². The molecule has 2 atom stereocenters. The number of rotatable bonds is 4. The first-order chi connectivity index (χ1) is 6.11. The Bertz CT molecular complexity index is 271. The minimum absolute atomic E-state index is 0.175. The van der Waals surface area contributed by atoms with E-state index in [1.165, 1.54) is 5.56 Å². The van der Waals surface area contributed by atoms with Crippen molar-refractivity contribution in [3.63, 3.8) is 0 Å². The predicted molar refractivity (Wildman–Crippen MR) is 54.5 cm³/mol. The van der Waals surface area contributed by atoms with Crippen LogP contribution in [0.3, 0.4) is 0 Å². The van der Waals surface area contributed by atoms with E-state index in [4.69, 9.17) is 5.73 Å². The van der Waals surface area contributed by atoms with Gasteiger partial charge in [0.2, 0.25) is 5.91 Å². The van der Waals surface area contributed by atoms with Gasteiger partial charge in [-0.05, 0) is 36.2 Å². The van der Waals surface area contributed by atoms with Crippen molar-refractivity contribution in [2.24, 2.45) is 5.73 Å². The van der Waals surface area contributed by atoms with Crippen LogP contribution in [0.2, 0.25) is 0 Å². The van der Waals surface area contributed by atoms with Crippen molar-refractivity contribution in [2.75, 3.05) is 0 Å². The van der Waals surface area contributed by atoms with E-state index in [0.717, 1.165) is 0 Å². The molecule has 0 saturated carbocycles. The topological polar surface area (TPSA) is 55.1 Å². The highest BCUT2D eigenvalue weighted by Crippen LogP contribution is 2.15. The molecule has 0 aromatic carbocycles. The molecular weight excluding hydrogens is 184 g/mol. The molecule has 1 aromatic heterocycles. The fraction of sp³-hybridized carbons (Fsp3) is 0.444. The highest BCUT2D eigenvalue weighted by atomic mass is 32.1. The zero-order valence-electron chi connectivity index (χ0n) is 7.78. The van der Waals surface area contributed by atoms with Crippen molar-refractivity contribution in [3.05, 3.63) is 22.4 Å². The number of nitrogens with two attached hydrogens (primary N) is 1. The van der Waals surface area contributed by atoms with E-state index < -0.39 is 0 Å². The van der Waals surface area contributed by atoms with Crippen LogP contribution in [-0.4, -0.2) is 11.9 Å². The molecule has 72 valence electrons. The maximum absolute atomic E-state index is 10.8. The third-order valence-corrected chi connectivity index (χ3v) is 2.67. The summed E-state index contributed by atoms with van der Waals surface area (Å²) in [7, 11) is 0. The molecule has 3 N–H and O–H groups in total. The molecule has 0 aliphatic heterocycles. The highest BCUT2D eigenvalue weighted by molar-refractivity contribution is 7.07. The fourth-order valence-electron chi connectivity index (χ4n) is 1.07. The van der Waals surface area contributed by atoms with E-state index in [9.17, 15) is 4.79 Å². The minimum Gasteiger partial charge on any atom is -0.368 e. The molecule has 0 saturated heterocycles. The summed E-state index contributed by atoms with van der Waals surface area (Å²) >= 11 is 1.65. The van der Waals surface area contributed by atoms with Crippen molar-refractivity contribution in [2.45, 2.75) is 25.9 Å². The van der Waals surface area contributed by atoms with Crippen LogP contribution in [0, 0.1) is 0 Å². The number of thiophene rings is 1. The number of hydrogen-bond acceptors (Lipinski definition) is 3. The lowest BCUT2D eigenvalue weighted by molar-refractivity contribution is -0.119. The normalized spacial score (nSPS) is 15.2. The first-order valence-corrected chi connectivity index (χ1v) is 5.13. The van der Waals surface area contributed by atoms with Gasteiger partial charge >= 0.3 is 0 Å². The molecule has 0 aliphatic rings. The average Bonchev–Trinajstić information content (AvgIpc) is 2.55. The molecule has 0 bridgehead atoms. The summed E-state index contributed by atoms with van der Waals surface area (Å²) in [5.41, 5.74) is 6.33.